The molecule has 0 fully saturated rings. The van der Waals surface area contributed by atoms with Crippen molar-refractivity contribution in [2.75, 3.05) is 4.90 Å². The number of fused-ring (bicyclic) bond motifs is 7. The third kappa shape index (κ3) is 6.29. The van der Waals surface area contributed by atoms with Gasteiger partial charge in [-0.25, -0.2) is 0 Å². The van der Waals surface area contributed by atoms with E-state index >= 15 is 0 Å². The Morgan fingerprint density at radius 1 is 0.242 bits per heavy atom. The molecule has 0 saturated heterocycles. The standard InChI is InChI=1S/C60H39NO/c1-2-10-47-38-48(21-20-40(47)8-1)43-18-16-41(17-19-43)42-22-30-50(31-23-42)61(51-32-24-44(25-33-51)49-29-37-60-58(39-49)57-12-5-6-15-59(57)62-60)52-34-26-46(27-35-52)54-13-7-14-55-53-11-4-3-9-45(53)28-36-56(54)55/h1-39H. The quantitative estimate of drug-likeness (QED) is 0.150. The zero-order chi connectivity index (χ0) is 41.0. The molecule has 0 aliphatic heterocycles. The van der Waals surface area contributed by atoms with Gasteiger partial charge in [0.25, 0.3) is 0 Å². The van der Waals surface area contributed by atoms with Crippen LogP contribution in [0.2, 0.25) is 0 Å². The van der Waals surface area contributed by atoms with Gasteiger partial charge in [0.1, 0.15) is 11.2 Å². The van der Waals surface area contributed by atoms with Crippen LogP contribution in [0.3, 0.4) is 0 Å². The van der Waals surface area contributed by atoms with Gasteiger partial charge in [-0.15, -0.1) is 0 Å². The molecule has 12 rings (SSSR count). The SMILES string of the molecule is c1ccc2cc(-c3ccc(-c4ccc(N(c5ccc(-c6ccc7oc8ccccc8c7c6)cc5)c5ccc(-c6cccc7c6ccc6ccccc67)cc5)cc4)cc3)ccc2c1. The normalized spacial score (nSPS) is 11.5. The second-order valence-corrected chi connectivity index (χ2v) is 16.1. The van der Waals surface area contributed by atoms with E-state index in [1.807, 2.05) is 12.1 Å². The van der Waals surface area contributed by atoms with Crippen LogP contribution in [0, 0.1) is 0 Å². The Morgan fingerprint density at radius 3 is 1.40 bits per heavy atom. The summed E-state index contributed by atoms with van der Waals surface area (Å²) in [6.45, 7) is 0. The highest BCUT2D eigenvalue weighted by Gasteiger charge is 2.16. The van der Waals surface area contributed by atoms with Crippen LogP contribution in [-0.4, -0.2) is 0 Å². The fraction of sp³-hybridized carbons (Fsp3) is 0. The van der Waals surface area contributed by atoms with Crippen molar-refractivity contribution in [1.82, 2.24) is 0 Å². The molecule has 0 spiro atoms. The number of rotatable bonds is 7. The van der Waals surface area contributed by atoms with Crippen molar-refractivity contribution in [2.24, 2.45) is 0 Å². The van der Waals surface area contributed by atoms with E-state index in [4.69, 9.17) is 4.42 Å². The van der Waals surface area contributed by atoms with Gasteiger partial charge in [0, 0.05) is 27.8 Å². The van der Waals surface area contributed by atoms with Crippen molar-refractivity contribution in [3.05, 3.63) is 237 Å². The number of para-hydroxylation sites is 1. The molecule has 0 amide bonds. The van der Waals surface area contributed by atoms with Gasteiger partial charge >= 0.3 is 0 Å². The van der Waals surface area contributed by atoms with E-state index in [2.05, 4.69) is 229 Å². The van der Waals surface area contributed by atoms with Crippen molar-refractivity contribution in [3.63, 3.8) is 0 Å². The second-order valence-electron chi connectivity index (χ2n) is 16.1. The molecule has 0 bridgehead atoms. The van der Waals surface area contributed by atoms with Crippen molar-refractivity contribution < 1.29 is 4.42 Å². The van der Waals surface area contributed by atoms with Crippen molar-refractivity contribution in [1.29, 1.82) is 0 Å². The van der Waals surface area contributed by atoms with E-state index in [-0.39, 0.29) is 0 Å². The molecule has 12 aromatic rings. The molecule has 2 nitrogen and oxygen atoms in total. The molecule has 1 heterocycles. The number of nitrogens with zero attached hydrogens (tertiary/aromatic N) is 1. The molecular formula is C60H39NO. The third-order valence-electron chi connectivity index (χ3n) is 12.5. The maximum atomic E-state index is 6.13. The molecule has 0 unspecified atom stereocenters. The molecule has 290 valence electrons. The van der Waals surface area contributed by atoms with Gasteiger partial charge in [-0.1, -0.05) is 176 Å². The van der Waals surface area contributed by atoms with Crippen molar-refractivity contribution >= 4 is 71.3 Å². The van der Waals surface area contributed by atoms with E-state index in [0.29, 0.717) is 0 Å². The molecule has 0 saturated carbocycles. The average Bonchev–Trinajstić information content (AvgIpc) is 3.72. The zero-order valence-corrected chi connectivity index (χ0v) is 33.9. The Bertz CT molecular complexity index is 3600. The predicted octanol–water partition coefficient (Wildman–Crippen LogP) is 17.2. The summed E-state index contributed by atoms with van der Waals surface area (Å²) in [7, 11) is 0. The van der Waals surface area contributed by atoms with Crippen molar-refractivity contribution in [2.45, 2.75) is 0 Å². The topological polar surface area (TPSA) is 16.4 Å². The van der Waals surface area contributed by atoms with Crippen LogP contribution < -0.4 is 4.90 Å². The molecular weight excluding hydrogens is 751 g/mol. The summed E-state index contributed by atoms with van der Waals surface area (Å²) in [4.78, 5) is 2.35. The summed E-state index contributed by atoms with van der Waals surface area (Å²) < 4.78 is 6.13. The maximum Gasteiger partial charge on any atom is 0.135 e. The molecule has 1 aromatic heterocycles. The molecule has 0 aliphatic carbocycles. The van der Waals surface area contributed by atoms with E-state index in [1.165, 1.54) is 65.7 Å². The van der Waals surface area contributed by atoms with Gasteiger partial charge in [-0.3, -0.25) is 0 Å². The fourth-order valence-corrected chi connectivity index (χ4v) is 9.26. The Kier molecular flexibility index (Phi) is 8.53. The Labute approximate surface area is 360 Å². The fourth-order valence-electron chi connectivity index (χ4n) is 9.26. The minimum Gasteiger partial charge on any atom is -0.456 e. The van der Waals surface area contributed by atoms with Crippen LogP contribution in [0.25, 0.3) is 98.8 Å². The highest BCUT2D eigenvalue weighted by atomic mass is 16.3. The van der Waals surface area contributed by atoms with Gasteiger partial charge in [-0.2, -0.15) is 0 Å². The van der Waals surface area contributed by atoms with Gasteiger partial charge in [-0.05, 0) is 137 Å². The van der Waals surface area contributed by atoms with E-state index in [0.717, 1.165) is 50.1 Å². The van der Waals surface area contributed by atoms with E-state index in [1.54, 1.807) is 0 Å². The molecule has 62 heavy (non-hydrogen) atoms. The van der Waals surface area contributed by atoms with Crippen molar-refractivity contribution in [3.8, 4) is 44.5 Å². The molecule has 11 aromatic carbocycles. The predicted molar refractivity (Wildman–Crippen MR) is 263 cm³/mol. The molecule has 0 aliphatic rings. The molecule has 0 radical (unpaired) electrons. The summed E-state index contributed by atoms with van der Waals surface area (Å²) in [5.41, 5.74) is 14.6. The van der Waals surface area contributed by atoms with Crippen LogP contribution in [0.5, 0.6) is 0 Å². The lowest BCUT2D eigenvalue weighted by molar-refractivity contribution is 0.669. The summed E-state index contributed by atoms with van der Waals surface area (Å²) >= 11 is 0. The lowest BCUT2D eigenvalue weighted by Crippen LogP contribution is -2.09. The van der Waals surface area contributed by atoms with E-state index < -0.39 is 0 Å². The van der Waals surface area contributed by atoms with Crippen LogP contribution >= 0.6 is 0 Å². The smallest absolute Gasteiger partial charge is 0.135 e. The first kappa shape index (κ1) is 35.7. The largest absolute Gasteiger partial charge is 0.456 e. The van der Waals surface area contributed by atoms with Crippen LogP contribution in [0.15, 0.2) is 241 Å². The molecule has 2 heteroatoms. The minimum absolute atomic E-state index is 0.905. The Hall–Kier alpha value is -8.20. The first-order chi connectivity index (χ1) is 30.7. The minimum atomic E-state index is 0.905. The maximum absolute atomic E-state index is 6.13. The lowest BCUT2D eigenvalue weighted by atomic mass is 9.94. The summed E-state index contributed by atoms with van der Waals surface area (Å²) in [6.07, 6.45) is 0. The summed E-state index contributed by atoms with van der Waals surface area (Å²) in [6, 6.07) is 85.6. The summed E-state index contributed by atoms with van der Waals surface area (Å²) in [5, 5.41) is 9.85. The summed E-state index contributed by atoms with van der Waals surface area (Å²) in [5.74, 6) is 0. The average molecular weight is 790 g/mol. The highest BCUT2D eigenvalue weighted by molar-refractivity contribution is 6.12. The van der Waals surface area contributed by atoms with Gasteiger partial charge < -0.3 is 9.32 Å². The Morgan fingerprint density at radius 2 is 0.710 bits per heavy atom. The number of anilines is 3. The van der Waals surface area contributed by atoms with Gasteiger partial charge in [0.05, 0.1) is 0 Å². The highest BCUT2D eigenvalue weighted by Crippen LogP contribution is 2.40. The van der Waals surface area contributed by atoms with Gasteiger partial charge in [0.15, 0.2) is 0 Å². The van der Waals surface area contributed by atoms with Crippen LogP contribution in [0.4, 0.5) is 17.1 Å². The number of hydrogen-bond donors (Lipinski definition) is 0. The van der Waals surface area contributed by atoms with Crippen LogP contribution in [-0.2, 0) is 0 Å². The van der Waals surface area contributed by atoms with Gasteiger partial charge in [0.2, 0.25) is 0 Å². The zero-order valence-electron chi connectivity index (χ0n) is 33.9. The van der Waals surface area contributed by atoms with Crippen LogP contribution in [0.1, 0.15) is 0 Å². The number of hydrogen-bond acceptors (Lipinski definition) is 2. The first-order valence-corrected chi connectivity index (χ1v) is 21.2. The number of furan rings is 1. The lowest BCUT2D eigenvalue weighted by Gasteiger charge is -2.26. The Balaban J connectivity index is 0.897. The molecule has 0 N–H and O–H groups in total. The number of benzene rings is 11. The monoisotopic (exact) mass is 789 g/mol. The first-order valence-electron chi connectivity index (χ1n) is 21.2. The second kappa shape index (κ2) is 14.8. The molecule has 0 atom stereocenters. The third-order valence-corrected chi connectivity index (χ3v) is 12.5. The van der Waals surface area contributed by atoms with E-state index in [9.17, 15) is 0 Å².